The van der Waals surface area contributed by atoms with Crippen molar-refractivity contribution in [3.8, 4) is 0 Å². The van der Waals surface area contributed by atoms with Crippen LogP contribution in [0.3, 0.4) is 0 Å². The Balaban J connectivity index is 3.10. The van der Waals surface area contributed by atoms with Gasteiger partial charge in [0.25, 0.3) is 0 Å². The van der Waals surface area contributed by atoms with Gasteiger partial charge in [0.15, 0.2) is 0 Å². The molecule has 0 rings (SSSR count). The lowest BCUT2D eigenvalue weighted by atomic mass is 10.3. The van der Waals surface area contributed by atoms with E-state index in [0.717, 1.165) is 6.42 Å². The molecule has 0 spiro atoms. The van der Waals surface area contributed by atoms with Crippen molar-refractivity contribution in [3.05, 3.63) is 6.92 Å². The van der Waals surface area contributed by atoms with Crippen LogP contribution in [0.4, 0.5) is 0 Å². The average molecular weight is 114 g/mol. The molecule has 0 aromatic heterocycles. The van der Waals surface area contributed by atoms with Crippen LogP contribution in [-0.4, -0.2) is 12.3 Å². The van der Waals surface area contributed by atoms with Crippen molar-refractivity contribution in [1.82, 2.24) is 0 Å². The van der Waals surface area contributed by atoms with Crippen molar-refractivity contribution in [3.63, 3.8) is 0 Å². The van der Waals surface area contributed by atoms with E-state index < -0.39 is 0 Å². The highest BCUT2D eigenvalue weighted by molar-refractivity contribution is 5.60. The van der Waals surface area contributed by atoms with Gasteiger partial charge in [0.05, 0.1) is 0 Å². The number of hydrogen-bond donors (Lipinski definition) is 0. The van der Waals surface area contributed by atoms with Crippen LogP contribution in [0.2, 0.25) is 0 Å². The first-order valence-corrected chi connectivity index (χ1v) is 2.78. The van der Waals surface area contributed by atoms with E-state index in [1.165, 1.54) is 6.21 Å². The first-order valence-electron chi connectivity index (χ1n) is 2.78. The Kier molecular flexibility index (Phi) is 4.32. The average Bonchev–Trinajstić information content (AvgIpc) is 1.83. The van der Waals surface area contributed by atoms with Crippen LogP contribution in [0.5, 0.6) is 0 Å². The van der Waals surface area contributed by atoms with Crippen LogP contribution in [0.1, 0.15) is 20.3 Å². The molecule has 2 nitrogen and oxygen atoms in total. The molecule has 0 aromatic carbocycles. The van der Waals surface area contributed by atoms with Crippen molar-refractivity contribution in [2.45, 2.75) is 26.4 Å². The van der Waals surface area contributed by atoms with E-state index in [4.69, 9.17) is 4.84 Å². The Morgan fingerprint density at radius 3 is 2.88 bits per heavy atom. The quantitative estimate of drug-likeness (QED) is 0.403. The van der Waals surface area contributed by atoms with Crippen molar-refractivity contribution in [2.75, 3.05) is 0 Å². The Bertz CT molecular complexity index is 70.9. The normalized spacial score (nSPS) is 14.4. The topological polar surface area (TPSA) is 21.6 Å². The van der Waals surface area contributed by atoms with Gasteiger partial charge in [0.2, 0.25) is 0 Å². The SMILES string of the molecule is [CH2]/C=N\OC(C)CC. The van der Waals surface area contributed by atoms with Gasteiger partial charge in [-0.1, -0.05) is 12.1 Å². The van der Waals surface area contributed by atoms with Crippen LogP contribution < -0.4 is 0 Å². The van der Waals surface area contributed by atoms with E-state index in [-0.39, 0.29) is 6.10 Å². The predicted octanol–water partition coefficient (Wildman–Crippen LogP) is 1.62. The second kappa shape index (κ2) is 4.62. The standard InChI is InChI=1S/C6H12NO/c1-4-6(3)8-7-5-2/h5-6H,2,4H2,1,3H3/b7-5-. The maximum atomic E-state index is 4.85. The van der Waals surface area contributed by atoms with Gasteiger partial charge in [-0.15, -0.1) is 0 Å². The fourth-order valence-electron chi connectivity index (χ4n) is 0.221. The third-order valence-corrected chi connectivity index (χ3v) is 0.890. The van der Waals surface area contributed by atoms with Gasteiger partial charge >= 0.3 is 0 Å². The van der Waals surface area contributed by atoms with Gasteiger partial charge in [-0.05, 0) is 20.3 Å². The number of rotatable bonds is 3. The molecule has 0 heterocycles. The lowest BCUT2D eigenvalue weighted by Gasteiger charge is -2.03. The molecular weight excluding hydrogens is 102 g/mol. The van der Waals surface area contributed by atoms with Gasteiger partial charge in [0.1, 0.15) is 6.10 Å². The predicted molar refractivity (Wildman–Crippen MR) is 34.7 cm³/mol. The van der Waals surface area contributed by atoms with E-state index in [9.17, 15) is 0 Å². The summed E-state index contributed by atoms with van der Waals surface area (Å²) >= 11 is 0. The summed E-state index contributed by atoms with van der Waals surface area (Å²) in [6.45, 7) is 7.39. The number of hydrogen-bond acceptors (Lipinski definition) is 2. The van der Waals surface area contributed by atoms with Crippen LogP contribution in [0.25, 0.3) is 0 Å². The zero-order chi connectivity index (χ0) is 6.41. The van der Waals surface area contributed by atoms with Crippen LogP contribution >= 0.6 is 0 Å². The molecule has 0 saturated carbocycles. The monoisotopic (exact) mass is 114 g/mol. The second-order valence-electron chi connectivity index (χ2n) is 1.61. The minimum Gasteiger partial charge on any atom is -0.393 e. The van der Waals surface area contributed by atoms with E-state index in [2.05, 4.69) is 12.1 Å². The van der Waals surface area contributed by atoms with E-state index >= 15 is 0 Å². The van der Waals surface area contributed by atoms with Crippen molar-refractivity contribution in [2.24, 2.45) is 5.16 Å². The molecule has 0 bridgehead atoms. The first kappa shape index (κ1) is 7.47. The van der Waals surface area contributed by atoms with Gasteiger partial charge in [-0.2, -0.15) is 0 Å². The zero-order valence-corrected chi connectivity index (χ0v) is 5.42. The van der Waals surface area contributed by atoms with E-state index in [1.807, 2.05) is 13.8 Å². The molecule has 2 heteroatoms. The molecule has 1 atom stereocenters. The highest BCUT2D eigenvalue weighted by Gasteiger charge is 1.92. The zero-order valence-electron chi connectivity index (χ0n) is 5.42. The van der Waals surface area contributed by atoms with Crippen molar-refractivity contribution >= 4 is 6.21 Å². The highest BCUT2D eigenvalue weighted by atomic mass is 16.6. The lowest BCUT2D eigenvalue weighted by molar-refractivity contribution is 0.0713. The largest absolute Gasteiger partial charge is 0.393 e. The first-order chi connectivity index (χ1) is 3.81. The van der Waals surface area contributed by atoms with Crippen LogP contribution in [-0.2, 0) is 4.84 Å². The van der Waals surface area contributed by atoms with Crippen molar-refractivity contribution in [1.29, 1.82) is 0 Å². The lowest BCUT2D eigenvalue weighted by Crippen LogP contribution is -2.00. The smallest absolute Gasteiger partial charge is 0.124 e. The molecule has 0 aliphatic carbocycles. The summed E-state index contributed by atoms with van der Waals surface area (Å²) in [5.74, 6) is 0. The molecule has 1 unspecified atom stereocenters. The Morgan fingerprint density at radius 2 is 2.50 bits per heavy atom. The fraction of sp³-hybridized carbons (Fsp3) is 0.667. The van der Waals surface area contributed by atoms with Crippen LogP contribution in [0, 0.1) is 6.92 Å². The Labute approximate surface area is 50.5 Å². The summed E-state index contributed by atoms with van der Waals surface area (Å²) in [5.41, 5.74) is 0. The maximum absolute atomic E-state index is 4.85. The number of oxime groups is 1. The third-order valence-electron chi connectivity index (χ3n) is 0.890. The summed E-state index contributed by atoms with van der Waals surface area (Å²) in [5, 5.41) is 3.51. The molecule has 1 radical (unpaired) electrons. The molecule has 0 aromatic rings. The maximum Gasteiger partial charge on any atom is 0.124 e. The molecule has 0 N–H and O–H groups in total. The molecule has 0 aliphatic heterocycles. The minimum atomic E-state index is 0.216. The van der Waals surface area contributed by atoms with Crippen LogP contribution in [0.15, 0.2) is 5.16 Å². The molecule has 0 amide bonds. The van der Waals surface area contributed by atoms with Gasteiger partial charge in [-0.3, -0.25) is 0 Å². The number of nitrogens with zero attached hydrogens (tertiary/aromatic N) is 1. The summed E-state index contributed by atoms with van der Waals surface area (Å²) < 4.78 is 0. The summed E-state index contributed by atoms with van der Waals surface area (Å²) in [6.07, 6.45) is 2.59. The molecular formula is C6H12NO. The van der Waals surface area contributed by atoms with Crippen molar-refractivity contribution < 1.29 is 4.84 Å². The fourth-order valence-corrected chi connectivity index (χ4v) is 0.221. The Hall–Kier alpha value is -0.530. The molecule has 0 fully saturated rings. The summed E-state index contributed by atoms with van der Waals surface area (Å²) in [6, 6.07) is 0. The summed E-state index contributed by atoms with van der Waals surface area (Å²) in [4.78, 5) is 4.85. The van der Waals surface area contributed by atoms with E-state index in [0.29, 0.717) is 0 Å². The molecule has 47 valence electrons. The highest BCUT2D eigenvalue weighted by Crippen LogP contribution is 1.94. The van der Waals surface area contributed by atoms with Gasteiger partial charge in [0, 0.05) is 6.21 Å². The summed E-state index contributed by atoms with van der Waals surface area (Å²) in [7, 11) is 0. The third kappa shape index (κ3) is 3.65. The molecule has 8 heavy (non-hydrogen) atoms. The second-order valence-corrected chi connectivity index (χ2v) is 1.61. The minimum absolute atomic E-state index is 0.216. The van der Waals surface area contributed by atoms with E-state index in [1.54, 1.807) is 0 Å². The molecule has 0 saturated heterocycles. The Morgan fingerprint density at radius 1 is 1.88 bits per heavy atom. The molecule has 0 aliphatic rings. The van der Waals surface area contributed by atoms with Gasteiger partial charge < -0.3 is 4.84 Å². The van der Waals surface area contributed by atoms with Gasteiger partial charge in [-0.25, -0.2) is 0 Å².